The SMILES string of the molecule is CCOC(=O)c1[nH]oc(=O)c1Cc1ccccc1. The van der Waals surface area contributed by atoms with Gasteiger partial charge in [-0.25, -0.2) is 14.7 Å². The van der Waals surface area contributed by atoms with Crippen LogP contribution in [0.4, 0.5) is 0 Å². The maximum Gasteiger partial charge on any atom is 0.361 e. The number of hydrogen-bond donors (Lipinski definition) is 1. The molecule has 94 valence electrons. The molecular formula is C13H13NO4. The van der Waals surface area contributed by atoms with Gasteiger partial charge >= 0.3 is 11.6 Å². The Kier molecular flexibility index (Phi) is 3.62. The zero-order chi connectivity index (χ0) is 13.0. The van der Waals surface area contributed by atoms with E-state index in [1.807, 2.05) is 30.3 Å². The second-order valence-corrected chi connectivity index (χ2v) is 3.73. The second-order valence-electron chi connectivity index (χ2n) is 3.73. The van der Waals surface area contributed by atoms with E-state index in [4.69, 9.17) is 4.74 Å². The summed E-state index contributed by atoms with van der Waals surface area (Å²) in [6, 6.07) is 9.37. The van der Waals surface area contributed by atoms with E-state index >= 15 is 0 Å². The molecular weight excluding hydrogens is 234 g/mol. The molecule has 0 fully saturated rings. The molecule has 2 aromatic rings. The van der Waals surface area contributed by atoms with Crippen LogP contribution in [0, 0.1) is 0 Å². The molecule has 0 aliphatic rings. The largest absolute Gasteiger partial charge is 0.461 e. The molecule has 0 atom stereocenters. The van der Waals surface area contributed by atoms with Crippen LogP contribution in [0.1, 0.15) is 28.5 Å². The van der Waals surface area contributed by atoms with Crippen LogP contribution in [0.2, 0.25) is 0 Å². The highest BCUT2D eigenvalue weighted by Gasteiger charge is 2.20. The number of ether oxygens (including phenoxy) is 1. The van der Waals surface area contributed by atoms with Gasteiger partial charge in [-0.2, -0.15) is 0 Å². The minimum atomic E-state index is -0.575. The third-order valence-corrected chi connectivity index (χ3v) is 2.50. The third-order valence-electron chi connectivity index (χ3n) is 2.50. The van der Waals surface area contributed by atoms with Gasteiger partial charge in [0.2, 0.25) is 0 Å². The van der Waals surface area contributed by atoms with Gasteiger partial charge in [-0.1, -0.05) is 30.3 Å². The molecule has 5 heteroatoms. The highest BCUT2D eigenvalue weighted by atomic mass is 16.5. The van der Waals surface area contributed by atoms with Gasteiger partial charge in [-0.3, -0.25) is 0 Å². The average molecular weight is 247 g/mol. The molecule has 1 N–H and O–H groups in total. The predicted octanol–water partition coefficient (Wildman–Crippen LogP) is 1.74. The van der Waals surface area contributed by atoms with Gasteiger partial charge in [0.25, 0.3) is 0 Å². The summed E-state index contributed by atoms with van der Waals surface area (Å²) in [4.78, 5) is 23.2. The topological polar surface area (TPSA) is 72.3 Å². The smallest absolute Gasteiger partial charge is 0.361 e. The first kappa shape index (κ1) is 12.2. The van der Waals surface area contributed by atoms with Crippen LogP contribution in [-0.2, 0) is 11.2 Å². The molecule has 1 aromatic carbocycles. The van der Waals surface area contributed by atoms with Crippen molar-refractivity contribution < 1.29 is 14.1 Å². The molecule has 2 rings (SSSR count). The van der Waals surface area contributed by atoms with E-state index in [2.05, 4.69) is 9.68 Å². The summed E-state index contributed by atoms with van der Waals surface area (Å²) in [6.45, 7) is 1.95. The molecule has 5 nitrogen and oxygen atoms in total. The second kappa shape index (κ2) is 5.35. The molecule has 18 heavy (non-hydrogen) atoms. The van der Waals surface area contributed by atoms with Gasteiger partial charge in [0.1, 0.15) is 0 Å². The van der Waals surface area contributed by atoms with Crippen LogP contribution in [0.3, 0.4) is 0 Å². The van der Waals surface area contributed by atoms with Gasteiger partial charge in [-0.15, -0.1) is 0 Å². The zero-order valence-electron chi connectivity index (χ0n) is 9.93. The summed E-state index contributed by atoms with van der Waals surface area (Å²) in [5.74, 6) is -0.575. The highest BCUT2D eigenvalue weighted by molar-refractivity contribution is 5.88. The molecule has 0 radical (unpaired) electrons. The summed E-state index contributed by atoms with van der Waals surface area (Å²) in [5.41, 5.74) is 0.766. The fourth-order valence-electron chi connectivity index (χ4n) is 1.65. The van der Waals surface area contributed by atoms with Crippen molar-refractivity contribution in [2.45, 2.75) is 13.3 Å². The van der Waals surface area contributed by atoms with E-state index < -0.39 is 11.6 Å². The van der Waals surface area contributed by atoms with E-state index in [0.29, 0.717) is 12.0 Å². The minimum absolute atomic E-state index is 0.0886. The van der Waals surface area contributed by atoms with Crippen molar-refractivity contribution in [1.82, 2.24) is 5.16 Å². The maximum atomic E-state index is 11.6. The Morgan fingerprint density at radius 2 is 2.06 bits per heavy atom. The molecule has 1 heterocycles. The van der Waals surface area contributed by atoms with Crippen molar-refractivity contribution >= 4 is 5.97 Å². The standard InChI is InChI=1S/C13H13NO4/c1-2-17-13(16)11-10(12(15)18-14-11)8-9-6-4-3-5-7-9/h3-7,14H,2,8H2,1H3. The summed E-state index contributed by atoms with van der Waals surface area (Å²) in [7, 11) is 0. The Morgan fingerprint density at radius 1 is 1.33 bits per heavy atom. The van der Waals surface area contributed by atoms with Crippen LogP contribution in [0.5, 0.6) is 0 Å². The lowest BCUT2D eigenvalue weighted by Crippen LogP contribution is -2.12. The number of carbonyl (C=O) groups is 1. The van der Waals surface area contributed by atoms with Crippen LogP contribution in [0.15, 0.2) is 39.6 Å². The minimum Gasteiger partial charge on any atom is -0.461 e. The molecule has 1 aromatic heterocycles. The molecule has 0 saturated heterocycles. The third kappa shape index (κ3) is 2.51. The molecule has 0 aliphatic carbocycles. The lowest BCUT2D eigenvalue weighted by Gasteiger charge is -2.01. The Morgan fingerprint density at radius 3 is 2.72 bits per heavy atom. The van der Waals surface area contributed by atoms with Crippen molar-refractivity contribution in [1.29, 1.82) is 0 Å². The zero-order valence-corrected chi connectivity index (χ0v) is 9.93. The average Bonchev–Trinajstić information content (AvgIpc) is 2.73. The van der Waals surface area contributed by atoms with Gasteiger partial charge < -0.3 is 9.26 Å². The van der Waals surface area contributed by atoms with Crippen molar-refractivity contribution in [3.63, 3.8) is 0 Å². The van der Waals surface area contributed by atoms with E-state index in [9.17, 15) is 9.59 Å². The number of rotatable bonds is 4. The molecule has 0 spiro atoms. The number of carbonyl (C=O) groups excluding carboxylic acids is 1. The lowest BCUT2D eigenvalue weighted by molar-refractivity contribution is 0.0513. The van der Waals surface area contributed by atoms with Gasteiger partial charge in [0, 0.05) is 6.42 Å². The Bertz CT molecular complexity index is 583. The van der Waals surface area contributed by atoms with Gasteiger partial charge in [0.15, 0.2) is 5.69 Å². The van der Waals surface area contributed by atoms with Crippen LogP contribution in [-0.4, -0.2) is 17.7 Å². The maximum absolute atomic E-state index is 11.6. The fourth-order valence-corrected chi connectivity index (χ4v) is 1.65. The Hall–Kier alpha value is -2.30. The van der Waals surface area contributed by atoms with Crippen molar-refractivity contribution in [2.75, 3.05) is 6.61 Å². The fraction of sp³-hybridized carbons (Fsp3) is 0.231. The predicted molar refractivity (Wildman–Crippen MR) is 64.5 cm³/mol. The monoisotopic (exact) mass is 247 g/mol. The van der Waals surface area contributed by atoms with E-state index in [1.54, 1.807) is 6.92 Å². The van der Waals surface area contributed by atoms with E-state index in [0.717, 1.165) is 5.56 Å². The normalized spacial score (nSPS) is 10.3. The molecule has 0 unspecified atom stereocenters. The molecule has 0 saturated carbocycles. The van der Waals surface area contributed by atoms with Crippen LogP contribution in [0.25, 0.3) is 0 Å². The first-order valence-corrected chi connectivity index (χ1v) is 5.63. The van der Waals surface area contributed by atoms with Crippen molar-refractivity contribution in [2.24, 2.45) is 0 Å². The summed E-state index contributed by atoms with van der Waals surface area (Å²) >= 11 is 0. The number of aromatic amines is 1. The summed E-state index contributed by atoms with van der Waals surface area (Å²) < 4.78 is 9.50. The van der Waals surface area contributed by atoms with Crippen molar-refractivity contribution in [3.8, 4) is 0 Å². The highest BCUT2D eigenvalue weighted by Crippen LogP contribution is 2.10. The van der Waals surface area contributed by atoms with Crippen LogP contribution >= 0.6 is 0 Å². The van der Waals surface area contributed by atoms with Crippen molar-refractivity contribution in [3.05, 3.63) is 57.6 Å². The molecule has 0 amide bonds. The first-order chi connectivity index (χ1) is 8.72. The Balaban J connectivity index is 2.30. The van der Waals surface area contributed by atoms with E-state index in [-0.39, 0.29) is 12.3 Å². The van der Waals surface area contributed by atoms with E-state index in [1.165, 1.54) is 0 Å². The summed E-state index contributed by atoms with van der Waals surface area (Å²) in [6.07, 6.45) is 0.334. The number of nitrogens with one attached hydrogen (secondary N) is 1. The summed E-state index contributed by atoms with van der Waals surface area (Å²) in [5, 5.41) is 2.32. The number of H-pyrrole nitrogens is 1. The van der Waals surface area contributed by atoms with Gasteiger partial charge in [-0.05, 0) is 12.5 Å². The number of benzene rings is 1. The number of aromatic nitrogens is 1. The first-order valence-electron chi connectivity index (χ1n) is 5.63. The number of esters is 1. The number of hydrogen-bond acceptors (Lipinski definition) is 4. The lowest BCUT2D eigenvalue weighted by atomic mass is 10.1. The Labute approximate surface area is 103 Å². The van der Waals surface area contributed by atoms with Crippen LogP contribution < -0.4 is 5.63 Å². The van der Waals surface area contributed by atoms with Gasteiger partial charge in [0.05, 0.1) is 12.2 Å². The quantitative estimate of drug-likeness (QED) is 0.835. The molecule has 0 bridgehead atoms. The molecule has 0 aliphatic heterocycles.